The number of fused-ring (bicyclic) bond motifs is 1. The molecule has 0 fully saturated rings. The van der Waals surface area contributed by atoms with Gasteiger partial charge in [-0.25, -0.2) is 4.98 Å². The molecule has 34 heavy (non-hydrogen) atoms. The van der Waals surface area contributed by atoms with E-state index in [1.807, 2.05) is 50.9 Å². The number of aryl methyl sites for hydroxylation is 1. The standard InChI is InChI=1S/C27H33N5O2/c1-23(33)32-15-7-14-29(20-24-8-3-2-4-9-24)18-19-31(21-25-10-5-6-11-26(25)32)27(34)12-16-30-17-13-28-22-30/h2-6,8-11,13,17,22H,7,12,14-16,18-21H2,1H3. The SMILES string of the molecule is CC(=O)N1CCCN(Cc2ccccc2)CCN(C(=O)CCn2ccnc2)Cc2ccccc21. The number of para-hydroxylation sites is 1. The maximum absolute atomic E-state index is 13.3. The van der Waals surface area contributed by atoms with Crippen LogP contribution < -0.4 is 4.90 Å². The molecule has 7 heteroatoms. The summed E-state index contributed by atoms with van der Waals surface area (Å²) in [5.41, 5.74) is 3.16. The van der Waals surface area contributed by atoms with Crippen molar-refractivity contribution in [1.82, 2.24) is 19.4 Å². The highest BCUT2D eigenvalue weighted by Crippen LogP contribution is 2.24. The van der Waals surface area contributed by atoms with Crippen molar-refractivity contribution in [3.05, 3.63) is 84.4 Å². The van der Waals surface area contributed by atoms with Crippen LogP contribution in [0, 0.1) is 0 Å². The number of hydrogen-bond donors (Lipinski definition) is 0. The lowest BCUT2D eigenvalue weighted by atomic mass is 10.1. The largest absolute Gasteiger partial charge is 0.337 e. The Bertz CT molecular complexity index is 1070. The molecule has 3 aromatic rings. The molecule has 0 aliphatic carbocycles. The fourth-order valence-corrected chi connectivity index (χ4v) is 4.48. The maximum Gasteiger partial charge on any atom is 0.224 e. The minimum Gasteiger partial charge on any atom is -0.337 e. The van der Waals surface area contributed by atoms with Gasteiger partial charge in [-0.05, 0) is 23.6 Å². The average Bonchev–Trinajstić information content (AvgIpc) is 3.36. The minimum atomic E-state index is 0.0271. The van der Waals surface area contributed by atoms with Crippen molar-refractivity contribution >= 4 is 17.5 Å². The number of anilines is 1. The van der Waals surface area contributed by atoms with Crippen molar-refractivity contribution < 1.29 is 9.59 Å². The topological polar surface area (TPSA) is 61.7 Å². The van der Waals surface area contributed by atoms with E-state index >= 15 is 0 Å². The van der Waals surface area contributed by atoms with Gasteiger partial charge in [0, 0.05) is 77.2 Å². The Labute approximate surface area is 201 Å². The Kier molecular flexibility index (Phi) is 8.09. The quantitative estimate of drug-likeness (QED) is 0.585. The van der Waals surface area contributed by atoms with Gasteiger partial charge in [0.1, 0.15) is 0 Å². The Morgan fingerprint density at radius 2 is 1.74 bits per heavy atom. The van der Waals surface area contributed by atoms with Crippen molar-refractivity contribution in [2.45, 2.75) is 39.4 Å². The summed E-state index contributed by atoms with van der Waals surface area (Å²) in [4.78, 5) is 36.1. The summed E-state index contributed by atoms with van der Waals surface area (Å²) < 4.78 is 1.93. The predicted molar refractivity (Wildman–Crippen MR) is 133 cm³/mol. The van der Waals surface area contributed by atoms with E-state index < -0.39 is 0 Å². The van der Waals surface area contributed by atoms with Crippen LogP contribution in [0.3, 0.4) is 0 Å². The van der Waals surface area contributed by atoms with Gasteiger partial charge in [0.15, 0.2) is 0 Å². The molecule has 0 saturated heterocycles. The third kappa shape index (κ3) is 6.32. The van der Waals surface area contributed by atoms with Crippen molar-refractivity contribution in [3.63, 3.8) is 0 Å². The summed E-state index contributed by atoms with van der Waals surface area (Å²) in [6, 6.07) is 18.4. The molecule has 0 atom stereocenters. The molecule has 0 bridgehead atoms. The summed E-state index contributed by atoms with van der Waals surface area (Å²) in [7, 11) is 0. The zero-order valence-electron chi connectivity index (χ0n) is 19.8. The first kappa shape index (κ1) is 23.7. The average molecular weight is 460 g/mol. The molecule has 178 valence electrons. The molecule has 4 rings (SSSR count). The van der Waals surface area contributed by atoms with Crippen molar-refractivity contribution in [3.8, 4) is 0 Å². The molecular formula is C27H33N5O2. The van der Waals surface area contributed by atoms with E-state index in [1.54, 1.807) is 19.4 Å². The van der Waals surface area contributed by atoms with Crippen LogP contribution in [0.15, 0.2) is 73.3 Å². The fourth-order valence-electron chi connectivity index (χ4n) is 4.48. The van der Waals surface area contributed by atoms with Gasteiger partial charge in [-0.1, -0.05) is 48.5 Å². The zero-order valence-corrected chi connectivity index (χ0v) is 19.8. The van der Waals surface area contributed by atoms with Crippen LogP contribution in [0.4, 0.5) is 5.69 Å². The summed E-state index contributed by atoms with van der Waals surface area (Å²) >= 11 is 0. The van der Waals surface area contributed by atoms with Gasteiger partial charge in [0.2, 0.25) is 11.8 Å². The molecule has 2 heterocycles. The molecule has 1 aromatic heterocycles. The van der Waals surface area contributed by atoms with Crippen LogP contribution in [0.5, 0.6) is 0 Å². The third-order valence-electron chi connectivity index (χ3n) is 6.31. The number of imidazole rings is 1. The minimum absolute atomic E-state index is 0.0271. The lowest BCUT2D eigenvalue weighted by Crippen LogP contribution is -2.38. The molecule has 0 N–H and O–H groups in total. The number of benzene rings is 2. The Hall–Kier alpha value is -3.45. The number of aromatic nitrogens is 2. The Morgan fingerprint density at radius 1 is 0.941 bits per heavy atom. The number of rotatable bonds is 5. The molecule has 2 aromatic carbocycles. The first-order valence-corrected chi connectivity index (χ1v) is 12.0. The summed E-state index contributed by atoms with van der Waals surface area (Å²) in [6.45, 7) is 6.48. The predicted octanol–water partition coefficient (Wildman–Crippen LogP) is 3.56. The van der Waals surface area contributed by atoms with E-state index in [9.17, 15) is 9.59 Å². The molecule has 1 aliphatic heterocycles. The van der Waals surface area contributed by atoms with E-state index in [1.165, 1.54) is 5.56 Å². The molecular weight excluding hydrogens is 426 g/mol. The molecule has 0 unspecified atom stereocenters. The van der Waals surface area contributed by atoms with E-state index in [0.717, 1.165) is 37.3 Å². The highest BCUT2D eigenvalue weighted by Gasteiger charge is 2.22. The normalized spacial score (nSPS) is 15.4. The smallest absolute Gasteiger partial charge is 0.224 e. The third-order valence-corrected chi connectivity index (χ3v) is 6.31. The lowest BCUT2D eigenvalue weighted by Gasteiger charge is -2.28. The van der Waals surface area contributed by atoms with Gasteiger partial charge in [0.25, 0.3) is 0 Å². The number of nitrogens with zero attached hydrogens (tertiary/aromatic N) is 5. The van der Waals surface area contributed by atoms with Gasteiger partial charge < -0.3 is 14.4 Å². The van der Waals surface area contributed by atoms with Gasteiger partial charge in [-0.2, -0.15) is 0 Å². The van der Waals surface area contributed by atoms with Gasteiger partial charge in [0.05, 0.1) is 6.33 Å². The van der Waals surface area contributed by atoms with Crippen LogP contribution in [-0.4, -0.2) is 57.3 Å². The monoisotopic (exact) mass is 459 g/mol. The second-order valence-electron chi connectivity index (χ2n) is 8.78. The summed E-state index contributed by atoms with van der Waals surface area (Å²) in [6.07, 6.45) is 6.62. The van der Waals surface area contributed by atoms with E-state index in [2.05, 4.69) is 34.1 Å². The van der Waals surface area contributed by atoms with Crippen LogP contribution in [-0.2, 0) is 29.2 Å². The van der Waals surface area contributed by atoms with Crippen molar-refractivity contribution in [2.24, 2.45) is 0 Å². The first-order valence-electron chi connectivity index (χ1n) is 12.0. The molecule has 0 spiro atoms. The second kappa shape index (κ2) is 11.6. The van der Waals surface area contributed by atoms with Crippen LogP contribution in [0.1, 0.15) is 30.9 Å². The van der Waals surface area contributed by atoms with E-state index in [4.69, 9.17) is 0 Å². The Balaban J connectivity index is 1.57. The highest BCUT2D eigenvalue weighted by atomic mass is 16.2. The molecule has 7 nitrogen and oxygen atoms in total. The van der Waals surface area contributed by atoms with Crippen molar-refractivity contribution in [2.75, 3.05) is 31.1 Å². The van der Waals surface area contributed by atoms with E-state index in [-0.39, 0.29) is 11.8 Å². The van der Waals surface area contributed by atoms with Gasteiger partial charge in [-0.3, -0.25) is 14.5 Å². The van der Waals surface area contributed by atoms with Gasteiger partial charge in [-0.15, -0.1) is 0 Å². The first-order chi connectivity index (χ1) is 16.6. The number of hydrogen-bond acceptors (Lipinski definition) is 4. The molecule has 0 saturated carbocycles. The Morgan fingerprint density at radius 3 is 2.50 bits per heavy atom. The highest BCUT2D eigenvalue weighted by molar-refractivity contribution is 5.92. The van der Waals surface area contributed by atoms with Crippen molar-refractivity contribution in [1.29, 1.82) is 0 Å². The van der Waals surface area contributed by atoms with Crippen LogP contribution >= 0.6 is 0 Å². The lowest BCUT2D eigenvalue weighted by molar-refractivity contribution is -0.132. The molecule has 2 amide bonds. The van der Waals surface area contributed by atoms with Crippen LogP contribution in [0.25, 0.3) is 0 Å². The number of carbonyl (C=O) groups excluding carboxylic acids is 2. The maximum atomic E-state index is 13.3. The fraction of sp³-hybridized carbons (Fsp3) is 0.370. The van der Waals surface area contributed by atoms with E-state index in [0.29, 0.717) is 32.6 Å². The van der Waals surface area contributed by atoms with Crippen LogP contribution in [0.2, 0.25) is 0 Å². The van der Waals surface area contributed by atoms with Gasteiger partial charge >= 0.3 is 0 Å². The second-order valence-corrected chi connectivity index (χ2v) is 8.78. The number of carbonyl (C=O) groups is 2. The number of amides is 2. The molecule has 0 radical (unpaired) electrons. The summed E-state index contributed by atoms with van der Waals surface area (Å²) in [5, 5.41) is 0. The zero-order chi connectivity index (χ0) is 23.8. The molecule has 1 aliphatic rings. The summed E-state index contributed by atoms with van der Waals surface area (Å²) in [5.74, 6) is 0.135.